The van der Waals surface area contributed by atoms with Crippen LogP contribution in [0.1, 0.15) is 16.7 Å². The van der Waals surface area contributed by atoms with Crippen molar-refractivity contribution < 1.29 is 0 Å². The van der Waals surface area contributed by atoms with Gasteiger partial charge in [0, 0.05) is 34.9 Å². The molecule has 0 fully saturated rings. The van der Waals surface area contributed by atoms with Gasteiger partial charge < -0.3 is 10.3 Å². The van der Waals surface area contributed by atoms with E-state index in [1.54, 1.807) is 6.07 Å². The molecule has 1 aromatic heterocycles. The van der Waals surface area contributed by atoms with Crippen molar-refractivity contribution in [2.45, 2.75) is 6.54 Å². The van der Waals surface area contributed by atoms with E-state index in [0.29, 0.717) is 23.4 Å². The number of aromatic nitrogens is 1. The summed E-state index contributed by atoms with van der Waals surface area (Å²) in [4.78, 5) is 0. The third-order valence-corrected chi connectivity index (χ3v) is 4.62. The fourth-order valence-corrected chi connectivity index (χ4v) is 3.37. The average Bonchev–Trinajstić information content (AvgIpc) is 3.05. The first kappa shape index (κ1) is 16.4. The van der Waals surface area contributed by atoms with Gasteiger partial charge >= 0.3 is 0 Å². The molecular formula is C23H16N4. The molecule has 0 saturated carbocycles. The zero-order valence-corrected chi connectivity index (χ0v) is 14.6. The average molecular weight is 348 g/mol. The smallest absolute Gasteiger partial charge is 0.0991 e. The van der Waals surface area contributed by atoms with Gasteiger partial charge in [-0.3, -0.25) is 0 Å². The number of nitrogens with zero attached hydrogens (tertiary/aromatic N) is 3. The second-order valence-electron chi connectivity index (χ2n) is 6.45. The molecule has 0 saturated heterocycles. The van der Waals surface area contributed by atoms with E-state index < -0.39 is 0 Å². The number of hydrogen-bond donors (Lipinski definition) is 1. The minimum atomic E-state index is 0.622. The molecule has 2 N–H and O–H groups in total. The molecule has 4 rings (SSSR count). The highest BCUT2D eigenvalue weighted by Crippen LogP contribution is 2.32. The quantitative estimate of drug-likeness (QED) is 0.546. The zero-order chi connectivity index (χ0) is 18.8. The summed E-state index contributed by atoms with van der Waals surface area (Å²) in [5.74, 6) is 0. The highest BCUT2D eigenvalue weighted by Gasteiger charge is 2.12. The number of nitrogen functional groups attached to an aromatic ring is 1. The third kappa shape index (κ3) is 3.13. The van der Waals surface area contributed by atoms with Crippen LogP contribution in [-0.4, -0.2) is 4.57 Å². The standard InChI is InChI=1S/C23H16N4/c24-12-16-3-1-4-18(9-16)14-27-15-22(19-5-2-6-20(26)11-19)21-10-17(13-25)7-8-23(21)27/h1-11,15H,14,26H2. The summed E-state index contributed by atoms with van der Waals surface area (Å²) < 4.78 is 2.14. The summed E-state index contributed by atoms with van der Waals surface area (Å²) in [7, 11) is 0. The molecule has 4 heteroatoms. The number of fused-ring (bicyclic) bond motifs is 1. The lowest BCUT2D eigenvalue weighted by Gasteiger charge is -2.06. The van der Waals surface area contributed by atoms with Crippen LogP contribution in [0.4, 0.5) is 5.69 Å². The molecule has 0 spiro atoms. The molecule has 1 heterocycles. The summed E-state index contributed by atoms with van der Waals surface area (Å²) in [6, 6.07) is 25.5. The van der Waals surface area contributed by atoms with Gasteiger partial charge in [-0.2, -0.15) is 10.5 Å². The van der Waals surface area contributed by atoms with Crippen molar-refractivity contribution in [3.8, 4) is 23.3 Å². The van der Waals surface area contributed by atoms with E-state index in [4.69, 9.17) is 11.0 Å². The van der Waals surface area contributed by atoms with Crippen LogP contribution in [-0.2, 0) is 6.54 Å². The van der Waals surface area contributed by atoms with Crippen molar-refractivity contribution in [1.82, 2.24) is 4.57 Å². The van der Waals surface area contributed by atoms with Crippen molar-refractivity contribution in [1.29, 1.82) is 10.5 Å². The van der Waals surface area contributed by atoms with E-state index >= 15 is 0 Å². The van der Waals surface area contributed by atoms with Gasteiger partial charge in [0.2, 0.25) is 0 Å². The Balaban J connectivity index is 1.89. The van der Waals surface area contributed by atoms with Crippen LogP contribution in [0.15, 0.2) is 72.9 Å². The van der Waals surface area contributed by atoms with Crippen LogP contribution >= 0.6 is 0 Å². The van der Waals surface area contributed by atoms with E-state index in [1.165, 1.54) is 0 Å². The fraction of sp³-hybridized carbons (Fsp3) is 0.0435. The normalized spacial score (nSPS) is 10.4. The second-order valence-corrected chi connectivity index (χ2v) is 6.45. The molecular weight excluding hydrogens is 332 g/mol. The molecule has 0 aliphatic rings. The molecule has 0 bridgehead atoms. The largest absolute Gasteiger partial charge is 0.399 e. The maximum absolute atomic E-state index is 9.29. The summed E-state index contributed by atoms with van der Waals surface area (Å²) in [6.07, 6.45) is 2.08. The van der Waals surface area contributed by atoms with Crippen LogP contribution in [0.25, 0.3) is 22.0 Å². The Hall–Kier alpha value is -4.02. The van der Waals surface area contributed by atoms with E-state index in [0.717, 1.165) is 27.6 Å². The Morgan fingerprint density at radius 1 is 0.852 bits per heavy atom. The van der Waals surface area contributed by atoms with Gasteiger partial charge in [0.15, 0.2) is 0 Å². The summed E-state index contributed by atoms with van der Waals surface area (Å²) in [5.41, 5.74) is 12.1. The Morgan fingerprint density at radius 2 is 1.63 bits per heavy atom. The number of nitriles is 2. The number of nitrogens with two attached hydrogens (primary N) is 1. The van der Waals surface area contributed by atoms with Gasteiger partial charge in [-0.15, -0.1) is 0 Å². The Kier molecular flexibility index (Phi) is 4.09. The number of benzene rings is 3. The summed E-state index contributed by atoms with van der Waals surface area (Å²) in [6.45, 7) is 0.639. The molecule has 0 amide bonds. The summed E-state index contributed by atoms with van der Waals surface area (Å²) >= 11 is 0. The summed E-state index contributed by atoms with van der Waals surface area (Å²) in [5, 5.41) is 19.4. The predicted molar refractivity (Wildman–Crippen MR) is 107 cm³/mol. The molecule has 0 aliphatic heterocycles. The molecule has 4 nitrogen and oxygen atoms in total. The van der Waals surface area contributed by atoms with E-state index in [1.807, 2.05) is 60.7 Å². The van der Waals surface area contributed by atoms with E-state index in [9.17, 15) is 5.26 Å². The predicted octanol–water partition coefficient (Wildman–Crippen LogP) is 4.68. The van der Waals surface area contributed by atoms with Crippen LogP contribution in [0.3, 0.4) is 0 Å². The van der Waals surface area contributed by atoms with Crippen LogP contribution in [0.2, 0.25) is 0 Å². The highest BCUT2D eigenvalue weighted by atomic mass is 15.0. The maximum Gasteiger partial charge on any atom is 0.0991 e. The minimum Gasteiger partial charge on any atom is -0.399 e. The first-order valence-corrected chi connectivity index (χ1v) is 8.56. The van der Waals surface area contributed by atoms with E-state index in [2.05, 4.69) is 22.9 Å². The van der Waals surface area contributed by atoms with Crippen molar-refractivity contribution in [2.24, 2.45) is 0 Å². The van der Waals surface area contributed by atoms with E-state index in [-0.39, 0.29) is 0 Å². The number of hydrogen-bond acceptors (Lipinski definition) is 3. The van der Waals surface area contributed by atoms with Crippen LogP contribution in [0.5, 0.6) is 0 Å². The number of anilines is 1. The highest BCUT2D eigenvalue weighted by molar-refractivity contribution is 5.97. The van der Waals surface area contributed by atoms with Crippen molar-refractivity contribution in [2.75, 3.05) is 5.73 Å². The molecule has 4 aromatic rings. The molecule has 0 radical (unpaired) electrons. The Bertz CT molecular complexity index is 1240. The zero-order valence-electron chi connectivity index (χ0n) is 14.6. The van der Waals surface area contributed by atoms with Gasteiger partial charge in [0.05, 0.1) is 23.3 Å². The third-order valence-electron chi connectivity index (χ3n) is 4.62. The van der Waals surface area contributed by atoms with Crippen molar-refractivity contribution in [3.63, 3.8) is 0 Å². The van der Waals surface area contributed by atoms with Crippen molar-refractivity contribution >= 4 is 16.6 Å². The monoisotopic (exact) mass is 348 g/mol. The second kappa shape index (κ2) is 6.71. The molecule has 0 aliphatic carbocycles. The Morgan fingerprint density at radius 3 is 2.41 bits per heavy atom. The maximum atomic E-state index is 9.29. The SMILES string of the molecule is N#Cc1cccc(Cn2cc(-c3cccc(N)c3)c3cc(C#N)ccc32)c1. The first-order valence-electron chi connectivity index (χ1n) is 8.56. The lowest BCUT2D eigenvalue weighted by atomic mass is 10.0. The Labute approximate surface area is 157 Å². The molecule has 27 heavy (non-hydrogen) atoms. The van der Waals surface area contributed by atoms with Crippen LogP contribution in [0, 0.1) is 22.7 Å². The minimum absolute atomic E-state index is 0.622. The van der Waals surface area contributed by atoms with Gasteiger partial charge in [-0.1, -0.05) is 24.3 Å². The van der Waals surface area contributed by atoms with Gasteiger partial charge in [-0.25, -0.2) is 0 Å². The molecule has 0 unspecified atom stereocenters. The van der Waals surface area contributed by atoms with Gasteiger partial charge in [0.25, 0.3) is 0 Å². The topological polar surface area (TPSA) is 78.5 Å². The van der Waals surface area contributed by atoms with Crippen molar-refractivity contribution in [3.05, 3.63) is 89.6 Å². The first-order chi connectivity index (χ1) is 13.2. The molecule has 0 atom stereocenters. The lowest BCUT2D eigenvalue weighted by molar-refractivity contribution is 0.837. The van der Waals surface area contributed by atoms with Crippen LogP contribution < -0.4 is 5.73 Å². The van der Waals surface area contributed by atoms with Gasteiger partial charge in [0.1, 0.15) is 0 Å². The fourth-order valence-electron chi connectivity index (χ4n) is 3.37. The van der Waals surface area contributed by atoms with Gasteiger partial charge in [-0.05, 0) is 53.6 Å². The lowest BCUT2D eigenvalue weighted by Crippen LogP contribution is -1.98. The number of rotatable bonds is 3. The molecule has 128 valence electrons. The molecule has 3 aromatic carbocycles.